The van der Waals surface area contributed by atoms with E-state index in [0.717, 1.165) is 12.1 Å². The lowest BCUT2D eigenvalue weighted by molar-refractivity contribution is -0.387. The summed E-state index contributed by atoms with van der Waals surface area (Å²) in [6.45, 7) is 0. The minimum Gasteiger partial charge on any atom is -0.300 e. The third-order valence-corrected chi connectivity index (χ3v) is 4.81. The van der Waals surface area contributed by atoms with Crippen molar-refractivity contribution in [2.75, 3.05) is 0 Å². The van der Waals surface area contributed by atoms with Gasteiger partial charge in [-0.1, -0.05) is 0 Å². The number of nitrogens with zero attached hydrogens (tertiary/aromatic N) is 1. The molecule has 1 aromatic carbocycles. The molecule has 0 saturated heterocycles. The number of carbonyl (C=O) groups excluding carboxylic acids is 1. The van der Waals surface area contributed by atoms with Crippen LogP contribution in [0.1, 0.15) is 25.7 Å². The molecule has 0 unspecified atom stereocenters. The first-order valence-electron chi connectivity index (χ1n) is 6.27. The number of benzene rings is 1. The second-order valence-corrected chi connectivity index (χ2v) is 6.52. The highest BCUT2D eigenvalue weighted by Gasteiger charge is 2.26. The molecule has 7 nitrogen and oxygen atoms in total. The summed E-state index contributed by atoms with van der Waals surface area (Å²) in [5.74, 6) is -1.12. The summed E-state index contributed by atoms with van der Waals surface area (Å²) in [5.41, 5.74) is -0.780. The van der Waals surface area contributed by atoms with E-state index in [0.29, 0.717) is 31.7 Å². The van der Waals surface area contributed by atoms with Crippen LogP contribution in [0.2, 0.25) is 0 Å². The Morgan fingerprint density at radius 1 is 1.29 bits per heavy atom. The Labute approximate surface area is 120 Å². The highest BCUT2D eigenvalue weighted by molar-refractivity contribution is 7.89. The molecule has 0 heterocycles. The van der Waals surface area contributed by atoms with E-state index in [-0.39, 0.29) is 16.7 Å². The van der Waals surface area contributed by atoms with E-state index in [1.54, 1.807) is 0 Å². The maximum absolute atomic E-state index is 13.5. The molecular formula is C12H13FN2O5S. The van der Waals surface area contributed by atoms with Gasteiger partial charge in [0.05, 0.1) is 9.82 Å². The fraction of sp³-hybridized carbons (Fsp3) is 0.417. The van der Waals surface area contributed by atoms with Crippen LogP contribution in [0.3, 0.4) is 0 Å². The first-order chi connectivity index (χ1) is 9.79. The zero-order chi connectivity index (χ0) is 15.6. The number of sulfonamides is 1. The predicted octanol–water partition coefficient (Wildman–Crippen LogP) is 1.52. The van der Waals surface area contributed by atoms with Gasteiger partial charge < -0.3 is 0 Å². The largest absolute Gasteiger partial charge is 0.304 e. The van der Waals surface area contributed by atoms with Crippen LogP contribution in [0.5, 0.6) is 0 Å². The Morgan fingerprint density at radius 3 is 2.43 bits per heavy atom. The second kappa shape index (κ2) is 5.86. The number of nitro benzene ring substituents is 1. The third-order valence-electron chi connectivity index (χ3n) is 3.29. The van der Waals surface area contributed by atoms with Gasteiger partial charge >= 0.3 is 5.69 Å². The number of carbonyl (C=O) groups is 1. The number of hydrogen-bond donors (Lipinski definition) is 1. The average Bonchev–Trinajstić information content (AvgIpc) is 2.40. The molecule has 1 saturated carbocycles. The summed E-state index contributed by atoms with van der Waals surface area (Å²) in [7, 11) is -3.97. The summed E-state index contributed by atoms with van der Waals surface area (Å²) in [6, 6.07) is 2.03. The lowest BCUT2D eigenvalue weighted by Crippen LogP contribution is -2.37. The van der Waals surface area contributed by atoms with Crippen LogP contribution in [0.25, 0.3) is 0 Å². The second-order valence-electron chi connectivity index (χ2n) is 4.80. The lowest BCUT2D eigenvalue weighted by atomic mass is 9.95. The van der Waals surface area contributed by atoms with Crippen molar-refractivity contribution in [3.63, 3.8) is 0 Å². The van der Waals surface area contributed by atoms with Crippen molar-refractivity contribution < 1.29 is 22.5 Å². The number of nitro groups is 1. The zero-order valence-electron chi connectivity index (χ0n) is 10.9. The number of ketones is 1. The minimum absolute atomic E-state index is 0.0897. The minimum atomic E-state index is -3.97. The monoisotopic (exact) mass is 316 g/mol. The molecule has 1 aliphatic carbocycles. The first-order valence-corrected chi connectivity index (χ1v) is 7.76. The van der Waals surface area contributed by atoms with Crippen LogP contribution >= 0.6 is 0 Å². The van der Waals surface area contributed by atoms with Gasteiger partial charge in [-0.2, -0.15) is 4.39 Å². The van der Waals surface area contributed by atoms with E-state index in [9.17, 15) is 27.7 Å². The van der Waals surface area contributed by atoms with Crippen LogP contribution in [0, 0.1) is 15.9 Å². The number of halogens is 1. The van der Waals surface area contributed by atoms with E-state index < -0.39 is 26.5 Å². The Hall–Kier alpha value is -1.87. The quantitative estimate of drug-likeness (QED) is 0.669. The molecule has 9 heteroatoms. The molecule has 0 aromatic heterocycles. The van der Waals surface area contributed by atoms with Crippen LogP contribution < -0.4 is 4.72 Å². The van der Waals surface area contributed by atoms with Gasteiger partial charge in [-0.3, -0.25) is 14.9 Å². The van der Waals surface area contributed by atoms with Crippen molar-refractivity contribution in [2.24, 2.45) is 0 Å². The van der Waals surface area contributed by atoms with Gasteiger partial charge in [0.15, 0.2) is 0 Å². The van der Waals surface area contributed by atoms with Crippen LogP contribution in [0.4, 0.5) is 10.1 Å². The molecular weight excluding hydrogens is 303 g/mol. The highest BCUT2D eigenvalue weighted by Crippen LogP contribution is 2.22. The van der Waals surface area contributed by atoms with E-state index in [2.05, 4.69) is 4.72 Å². The summed E-state index contributed by atoms with van der Waals surface area (Å²) in [5, 5.41) is 10.5. The van der Waals surface area contributed by atoms with E-state index in [4.69, 9.17) is 0 Å². The van der Waals surface area contributed by atoms with Crippen molar-refractivity contribution in [1.82, 2.24) is 4.72 Å². The SMILES string of the molecule is O=C1CCC(NS(=O)(=O)c2ccc([N+](=O)[O-])c(F)c2)CC1. The number of hydrogen-bond acceptors (Lipinski definition) is 5. The summed E-state index contributed by atoms with van der Waals surface area (Å²) < 4.78 is 40.0. The van der Waals surface area contributed by atoms with Crippen molar-refractivity contribution in [1.29, 1.82) is 0 Å². The van der Waals surface area contributed by atoms with Crippen LogP contribution in [-0.4, -0.2) is 25.2 Å². The lowest BCUT2D eigenvalue weighted by Gasteiger charge is -2.21. The molecule has 1 aromatic rings. The Balaban J connectivity index is 2.18. The number of nitrogens with one attached hydrogen (secondary N) is 1. The Bertz CT molecular complexity index is 679. The average molecular weight is 316 g/mol. The topological polar surface area (TPSA) is 106 Å². The van der Waals surface area contributed by atoms with Gasteiger partial charge in [0.1, 0.15) is 5.78 Å². The first kappa shape index (κ1) is 15.5. The molecule has 0 aliphatic heterocycles. The van der Waals surface area contributed by atoms with E-state index in [1.165, 1.54) is 0 Å². The van der Waals surface area contributed by atoms with Gasteiger partial charge in [-0.15, -0.1) is 0 Å². The van der Waals surface area contributed by atoms with Crippen LogP contribution in [-0.2, 0) is 14.8 Å². The number of rotatable bonds is 4. The molecule has 0 amide bonds. The molecule has 0 bridgehead atoms. The normalized spacial score (nSPS) is 16.9. The van der Waals surface area contributed by atoms with E-state index in [1.807, 2.05) is 0 Å². The van der Waals surface area contributed by atoms with Crippen molar-refractivity contribution >= 4 is 21.5 Å². The zero-order valence-corrected chi connectivity index (χ0v) is 11.7. The van der Waals surface area contributed by atoms with Crippen molar-refractivity contribution in [3.8, 4) is 0 Å². The number of Topliss-reactive ketones (excluding diaryl/α,β-unsaturated/α-hetero) is 1. The molecule has 0 atom stereocenters. The van der Waals surface area contributed by atoms with E-state index >= 15 is 0 Å². The maximum atomic E-state index is 13.5. The molecule has 2 rings (SSSR count). The third kappa shape index (κ3) is 3.61. The smallest absolute Gasteiger partial charge is 0.300 e. The molecule has 21 heavy (non-hydrogen) atoms. The highest BCUT2D eigenvalue weighted by atomic mass is 32.2. The van der Waals surface area contributed by atoms with Crippen molar-refractivity contribution in [2.45, 2.75) is 36.6 Å². The molecule has 0 radical (unpaired) electrons. The van der Waals surface area contributed by atoms with Gasteiger partial charge in [0.2, 0.25) is 15.8 Å². The fourth-order valence-corrected chi connectivity index (χ4v) is 3.46. The standard InChI is InChI=1S/C12H13FN2O5S/c13-11-7-10(5-6-12(11)15(17)18)21(19,20)14-8-1-3-9(16)4-2-8/h5-8,14H,1-4H2. The van der Waals surface area contributed by atoms with Gasteiger partial charge in [0, 0.05) is 31.0 Å². The Morgan fingerprint density at radius 2 is 1.90 bits per heavy atom. The van der Waals surface area contributed by atoms with Crippen LogP contribution in [0.15, 0.2) is 23.1 Å². The molecule has 1 fully saturated rings. The molecule has 0 spiro atoms. The molecule has 114 valence electrons. The molecule has 1 aliphatic rings. The summed E-state index contributed by atoms with van der Waals surface area (Å²) >= 11 is 0. The summed E-state index contributed by atoms with van der Waals surface area (Å²) in [6.07, 6.45) is 1.41. The maximum Gasteiger partial charge on any atom is 0.304 e. The fourth-order valence-electron chi connectivity index (χ4n) is 2.15. The van der Waals surface area contributed by atoms with Gasteiger partial charge in [-0.05, 0) is 18.9 Å². The predicted molar refractivity (Wildman–Crippen MR) is 70.6 cm³/mol. The van der Waals surface area contributed by atoms with Gasteiger partial charge in [-0.25, -0.2) is 13.1 Å². The van der Waals surface area contributed by atoms with Crippen molar-refractivity contribution in [3.05, 3.63) is 34.1 Å². The molecule has 1 N–H and O–H groups in total. The summed E-state index contributed by atoms with van der Waals surface area (Å²) in [4.78, 5) is 20.3. The van der Waals surface area contributed by atoms with Gasteiger partial charge in [0.25, 0.3) is 0 Å². The Kier molecular flexibility index (Phi) is 4.33.